The molecule has 27 heavy (non-hydrogen) atoms. The summed E-state index contributed by atoms with van der Waals surface area (Å²) in [4.78, 5) is 11.2. The zero-order valence-corrected chi connectivity index (χ0v) is 13.3. The minimum atomic E-state index is -4.45. The Bertz CT molecular complexity index is 952. The summed E-state index contributed by atoms with van der Waals surface area (Å²) in [6.07, 6.45) is -7.73. The number of carbonyl (C=O) groups is 1. The third kappa shape index (κ3) is 4.10. The molecule has 0 saturated carbocycles. The van der Waals surface area contributed by atoms with E-state index < -0.39 is 29.8 Å². The first-order chi connectivity index (χ1) is 12.8. The molecule has 0 fully saturated rings. The maximum absolute atomic E-state index is 12.6. The van der Waals surface area contributed by atoms with Gasteiger partial charge in [0, 0.05) is 5.69 Å². The molecule has 1 aromatic heterocycles. The van der Waals surface area contributed by atoms with Crippen LogP contribution in [0.15, 0.2) is 52.9 Å². The Kier molecular flexibility index (Phi) is 4.89. The van der Waals surface area contributed by atoms with Crippen LogP contribution < -0.4 is 5.32 Å². The van der Waals surface area contributed by atoms with Crippen LogP contribution in [0.4, 0.5) is 33.3 Å². The molecule has 0 atom stereocenters. The van der Waals surface area contributed by atoms with Crippen LogP contribution in [0.1, 0.15) is 16.2 Å². The number of nitrogens with one attached hydrogen (secondary N) is 1. The Morgan fingerprint density at radius 1 is 1.00 bits per heavy atom. The average molecular weight is 383 g/mol. The Labute approximate surface area is 148 Å². The lowest BCUT2D eigenvalue weighted by Gasteiger charge is -2.11. The maximum Gasteiger partial charge on any atom is 0.416 e. The van der Waals surface area contributed by atoms with Gasteiger partial charge in [-0.2, -0.15) is 13.2 Å². The maximum atomic E-state index is 12.6. The number of rotatable bonds is 5. The number of alkyl halides is 5. The van der Waals surface area contributed by atoms with Crippen molar-refractivity contribution in [3.8, 4) is 11.5 Å². The van der Waals surface area contributed by atoms with Gasteiger partial charge in [0.2, 0.25) is 5.89 Å². The SMILES string of the molecule is O=C(c1nnc(-c2ccccc2Nc2ccc(C(F)(F)F)cc2)o1)C(F)F. The first kappa shape index (κ1) is 18.5. The molecule has 10 heteroatoms. The number of halogens is 5. The van der Waals surface area contributed by atoms with E-state index in [4.69, 9.17) is 4.42 Å². The Hall–Kier alpha value is -3.30. The molecule has 0 spiro atoms. The zero-order chi connectivity index (χ0) is 19.6. The molecule has 0 aliphatic rings. The molecule has 0 unspecified atom stereocenters. The highest BCUT2D eigenvalue weighted by Crippen LogP contribution is 2.32. The minimum absolute atomic E-state index is 0.186. The molecule has 1 heterocycles. The lowest BCUT2D eigenvalue weighted by molar-refractivity contribution is -0.137. The predicted molar refractivity (Wildman–Crippen MR) is 84.8 cm³/mol. The molecule has 2 aromatic carbocycles. The largest absolute Gasteiger partial charge is 0.416 e. The number of aromatic nitrogens is 2. The van der Waals surface area contributed by atoms with E-state index in [9.17, 15) is 26.7 Å². The lowest BCUT2D eigenvalue weighted by Crippen LogP contribution is -2.10. The van der Waals surface area contributed by atoms with Gasteiger partial charge in [0.1, 0.15) is 0 Å². The Balaban J connectivity index is 1.88. The van der Waals surface area contributed by atoms with Gasteiger partial charge in [-0.15, -0.1) is 10.2 Å². The number of hydrogen-bond acceptors (Lipinski definition) is 5. The van der Waals surface area contributed by atoms with Gasteiger partial charge < -0.3 is 9.73 Å². The summed E-state index contributed by atoms with van der Waals surface area (Å²) in [6.45, 7) is 0. The van der Waals surface area contributed by atoms with Crippen molar-refractivity contribution in [1.82, 2.24) is 10.2 Å². The summed E-state index contributed by atoms with van der Waals surface area (Å²) in [5, 5.41) is 9.76. The number of anilines is 2. The second-order valence-electron chi connectivity index (χ2n) is 5.32. The van der Waals surface area contributed by atoms with E-state index in [2.05, 4.69) is 15.5 Å². The number of ketones is 1. The third-order valence-electron chi connectivity index (χ3n) is 3.48. The zero-order valence-electron chi connectivity index (χ0n) is 13.3. The molecule has 0 bridgehead atoms. The summed E-state index contributed by atoms with van der Waals surface area (Å²) < 4.78 is 67.8. The van der Waals surface area contributed by atoms with Gasteiger partial charge in [0.05, 0.1) is 16.8 Å². The third-order valence-corrected chi connectivity index (χ3v) is 3.48. The fourth-order valence-electron chi connectivity index (χ4n) is 2.20. The number of Topliss-reactive ketones (excluding diaryl/α,β-unsaturated/α-hetero) is 1. The van der Waals surface area contributed by atoms with Gasteiger partial charge in [-0.1, -0.05) is 12.1 Å². The number of carbonyl (C=O) groups excluding carboxylic acids is 1. The molecule has 0 saturated heterocycles. The first-order valence-electron chi connectivity index (χ1n) is 7.45. The van der Waals surface area contributed by atoms with Crippen LogP contribution in [0, 0.1) is 0 Å². The van der Waals surface area contributed by atoms with E-state index in [0.29, 0.717) is 16.9 Å². The van der Waals surface area contributed by atoms with E-state index in [1.54, 1.807) is 18.2 Å². The molecule has 0 radical (unpaired) electrons. The molecule has 3 aromatic rings. The summed E-state index contributed by atoms with van der Waals surface area (Å²) in [6, 6.07) is 10.6. The Morgan fingerprint density at radius 3 is 2.30 bits per heavy atom. The van der Waals surface area contributed by atoms with Crippen molar-refractivity contribution in [2.45, 2.75) is 12.6 Å². The number of nitrogens with zero attached hydrogens (tertiary/aromatic N) is 2. The van der Waals surface area contributed by atoms with Crippen molar-refractivity contribution in [2.24, 2.45) is 0 Å². The van der Waals surface area contributed by atoms with Gasteiger partial charge in [0.25, 0.3) is 11.7 Å². The summed E-state index contributed by atoms with van der Waals surface area (Å²) >= 11 is 0. The predicted octanol–water partition coefficient (Wildman–Crippen LogP) is 4.95. The van der Waals surface area contributed by atoms with E-state index in [1.807, 2.05) is 0 Å². The lowest BCUT2D eigenvalue weighted by atomic mass is 10.1. The van der Waals surface area contributed by atoms with Gasteiger partial charge in [0.15, 0.2) is 0 Å². The van der Waals surface area contributed by atoms with E-state index in [1.165, 1.54) is 18.2 Å². The van der Waals surface area contributed by atoms with E-state index in [-0.39, 0.29) is 5.89 Å². The molecule has 1 N–H and O–H groups in total. The molecule has 0 aliphatic carbocycles. The number of para-hydroxylation sites is 1. The van der Waals surface area contributed by atoms with Crippen molar-refractivity contribution >= 4 is 17.2 Å². The Morgan fingerprint density at radius 2 is 1.67 bits per heavy atom. The summed E-state index contributed by atoms with van der Waals surface area (Å²) in [5.74, 6) is -2.61. The van der Waals surface area contributed by atoms with Crippen LogP contribution >= 0.6 is 0 Å². The van der Waals surface area contributed by atoms with E-state index >= 15 is 0 Å². The van der Waals surface area contributed by atoms with Crippen molar-refractivity contribution in [3.05, 3.63) is 60.0 Å². The van der Waals surface area contributed by atoms with Crippen molar-refractivity contribution < 1.29 is 31.2 Å². The number of benzene rings is 2. The monoisotopic (exact) mass is 383 g/mol. The highest BCUT2D eigenvalue weighted by Gasteiger charge is 2.30. The molecule has 0 amide bonds. The smallest absolute Gasteiger partial charge is 0.413 e. The van der Waals surface area contributed by atoms with Gasteiger partial charge in [-0.05, 0) is 36.4 Å². The number of hydrogen-bond donors (Lipinski definition) is 1. The summed E-state index contributed by atoms with van der Waals surface area (Å²) in [7, 11) is 0. The van der Waals surface area contributed by atoms with E-state index in [0.717, 1.165) is 12.1 Å². The van der Waals surface area contributed by atoms with Crippen LogP contribution in [0.2, 0.25) is 0 Å². The van der Waals surface area contributed by atoms with Gasteiger partial charge >= 0.3 is 12.6 Å². The molecule has 0 aliphatic heterocycles. The van der Waals surface area contributed by atoms with Crippen LogP contribution in [-0.2, 0) is 6.18 Å². The molecule has 5 nitrogen and oxygen atoms in total. The van der Waals surface area contributed by atoms with Crippen LogP contribution in [0.25, 0.3) is 11.5 Å². The normalized spacial score (nSPS) is 11.6. The molecule has 140 valence electrons. The van der Waals surface area contributed by atoms with Gasteiger partial charge in [-0.25, -0.2) is 8.78 Å². The highest BCUT2D eigenvalue weighted by molar-refractivity contribution is 5.94. The highest BCUT2D eigenvalue weighted by atomic mass is 19.4. The quantitative estimate of drug-likeness (QED) is 0.499. The van der Waals surface area contributed by atoms with Crippen LogP contribution in [0.3, 0.4) is 0 Å². The van der Waals surface area contributed by atoms with Crippen molar-refractivity contribution in [2.75, 3.05) is 5.32 Å². The standard InChI is InChI=1S/C17H10F5N3O2/c18-14(19)13(26)16-25-24-15(27-16)11-3-1-2-4-12(11)23-10-7-5-9(6-8-10)17(20,21)22/h1-8,14,23H. The van der Waals surface area contributed by atoms with Gasteiger partial charge in [-0.3, -0.25) is 4.79 Å². The van der Waals surface area contributed by atoms with Crippen molar-refractivity contribution in [3.63, 3.8) is 0 Å². The molecular weight excluding hydrogens is 373 g/mol. The second kappa shape index (κ2) is 7.14. The van der Waals surface area contributed by atoms with Crippen molar-refractivity contribution in [1.29, 1.82) is 0 Å². The summed E-state index contributed by atoms with van der Waals surface area (Å²) in [5.41, 5.74) is 0.211. The molecule has 3 rings (SSSR count). The topological polar surface area (TPSA) is 68.0 Å². The van der Waals surface area contributed by atoms with Crippen LogP contribution in [-0.4, -0.2) is 22.4 Å². The average Bonchev–Trinajstić information content (AvgIpc) is 3.11. The molecular formula is C17H10F5N3O2. The van der Waals surface area contributed by atoms with Crippen LogP contribution in [0.5, 0.6) is 0 Å². The fourth-order valence-corrected chi connectivity index (χ4v) is 2.20. The fraction of sp³-hybridized carbons (Fsp3) is 0.118. The first-order valence-corrected chi connectivity index (χ1v) is 7.45. The second-order valence-corrected chi connectivity index (χ2v) is 5.32. The minimum Gasteiger partial charge on any atom is -0.413 e.